The number of amides is 7. The van der Waals surface area contributed by atoms with E-state index in [0.29, 0.717) is 0 Å². The maximum absolute atomic E-state index is 16.1. The smallest absolute Gasteiger partial charge is 0.471 e. The molecule has 504 valence electrons. The van der Waals surface area contributed by atoms with Crippen molar-refractivity contribution in [1.29, 1.82) is 0 Å². The Morgan fingerprint density at radius 3 is 1.69 bits per heavy atom. The number of halogens is 5. The lowest BCUT2D eigenvalue weighted by molar-refractivity contribution is -0.174. The Morgan fingerprint density at radius 2 is 1.08 bits per heavy atom. The standard InChI is InChI=1S/C66H56Cl2F3N7O19/c1-89-33-17-31-18-35(24-33)95-45-21-29(9-14-44(45)92-4)51(78-65(88)66(69,70)71)59(81)72-40-16-27-7-11-42(38(67)15-27)96-47-22-32-23-48(57(47)94-6)97-43-13-10-30(20-39(43)68)56(79)55-63(85)76-54(64(86)87)37-25-34(90-2)26-46(93-5)49(37)36-19-28(8-12-41(36)91-3)50(60(82)77-55)74-62(84)53(32)75-61(83)52(31)73-58(40)80/h7-15,17-26,40,50-56,79H,16H2,1-6H3,(H,72,81)(H,73,80)(H,74,84)(H,75,83)(H,76,85)(H,77,82)(H,78,88)(H,86,87)/t40-,50-,51+,52+,53-,54+,55+,56-/m1/s1. The van der Waals surface area contributed by atoms with Gasteiger partial charge in [0, 0.05) is 35.2 Å². The molecule has 6 aliphatic heterocycles. The molecular weight excluding hydrogens is 1320 g/mol. The number of carbonyl (C=O) groups excluding carboxylic acids is 7. The van der Waals surface area contributed by atoms with Gasteiger partial charge in [-0.15, -0.1) is 0 Å². The monoisotopic (exact) mass is 1380 g/mol. The Bertz CT molecular complexity index is 4410. The number of ether oxygens (including phenoxy) is 9. The van der Waals surface area contributed by atoms with E-state index in [1.807, 2.05) is 0 Å². The van der Waals surface area contributed by atoms with Crippen LogP contribution in [-0.4, -0.2) is 118 Å². The van der Waals surface area contributed by atoms with Crippen molar-refractivity contribution in [2.45, 2.75) is 61.0 Å². The zero-order chi connectivity index (χ0) is 69.5. The number of carboxylic acid groups (broad SMARTS) is 1. The summed E-state index contributed by atoms with van der Waals surface area (Å²) in [6.45, 7) is 0. The number of nitrogens with one attached hydrogen (secondary N) is 7. The van der Waals surface area contributed by atoms with E-state index in [9.17, 15) is 42.6 Å². The van der Waals surface area contributed by atoms with Crippen LogP contribution in [0.3, 0.4) is 0 Å². The second kappa shape index (κ2) is 27.3. The lowest BCUT2D eigenvalue weighted by atomic mass is 9.89. The number of alkyl halides is 3. The van der Waals surface area contributed by atoms with Crippen molar-refractivity contribution in [3.05, 3.63) is 164 Å². The molecule has 0 saturated heterocycles. The fourth-order valence-electron chi connectivity index (χ4n) is 11.4. The summed E-state index contributed by atoms with van der Waals surface area (Å²) in [5.41, 5.74) is -0.867. The van der Waals surface area contributed by atoms with E-state index in [2.05, 4.69) is 31.9 Å². The maximum Gasteiger partial charge on any atom is 0.471 e. The molecule has 6 heterocycles. The van der Waals surface area contributed by atoms with Crippen LogP contribution < -0.4 is 79.8 Å². The van der Waals surface area contributed by atoms with Gasteiger partial charge in [0.05, 0.1) is 52.7 Å². The molecule has 17 bridgehead atoms. The van der Waals surface area contributed by atoms with Gasteiger partial charge in [-0.05, 0) is 112 Å². The van der Waals surface area contributed by atoms with E-state index < -0.39 is 108 Å². The Balaban J connectivity index is 1.16. The van der Waals surface area contributed by atoms with Crippen LogP contribution in [0.1, 0.15) is 75.3 Å². The largest absolute Gasteiger partial charge is 0.497 e. The number of aliphatic carboxylic acids is 1. The first-order valence-corrected chi connectivity index (χ1v) is 29.8. The molecule has 7 aromatic rings. The molecule has 0 spiro atoms. The van der Waals surface area contributed by atoms with Crippen LogP contribution >= 0.6 is 23.2 Å². The van der Waals surface area contributed by atoms with Crippen LogP contribution in [-0.2, 0) is 44.8 Å². The highest BCUT2D eigenvalue weighted by Crippen LogP contribution is 2.49. The summed E-state index contributed by atoms with van der Waals surface area (Å²) in [7, 11) is 7.59. The Morgan fingerprint density at radius 1 is 0.515 bits per heavy atom. The number of fused-ring (bicyclic) bond motifs is 14. The zero-order valence-corrected chi connectivity index (χ0v) is 53.0. The van der Waals surface area contributed by atoms with Gasteiger partial charge < -0.3 is 90.1 Å². The number of hydrogen-bond donors (Lipinski definition) is 9. The van der Waals surface area contributed by atoms with Gasteiger partial charge in [-0.25, -0.2) is 4.79 Å². The number of rotatable bonds is 8. The third-order valence-electron chi connectivity index (χ3n) is 16.2. The summed E-state index contributed by atoms with van der Waals surface area (Å²) in [5, 5.41) is 40.0. The van der Waals surface area contributed by atoms with Crippen molar-refractivity contribution in [1.82, 2.24) is 37.2 Å². The van der Waals surface area contributed by atoms with Crippen molar-refractivity contribution in [3.8, 4) is 80.1 Å². The second-order valence-corrected chi connectivity index (χ2v) is 22.9. The predicted molar refractivity (Wildman–Crippen MR) is 334 cm³/mol. The average Bonchev–Trinajstić information content (AvgIpc) is 0.766. The lowest BCUT2D eigenvalue weighted by Crippen LogP contribution is -2.55. The number of aliphatic hydroxyl groups excluding tert-OH is 1. The third kappa shape index (κ3) is 13.6. The molecule has 6 aliphatic rings. The van der Waals surface area contributed by atoms with Crippen LogP contribution in [0.4, 0.5) is 13.2 Å². The first kappa shape index (κ1) is 67.3. The summed E-state index contributed by atoms with van der Waals surface area (Å²) in [6.07, 6.45) is -8.14. The van der Waals surface area contributed by atoms with Crippen LogP contribution in [0.5, 0.6) is 69.0 Å². The number of hydrogen-bond acceptors (Lipinski definition) is 18. The van der Waals surface area contributed by atoms with Gasteiger partial charge in [-0.2, -0.15) is 13.2 Å². The maximum atomic E-state index is 16.1. The molecular formula is C66H56Cl2F3N7O19. The molecule has 0 radical (unpaired) electrons. The normalized spacial score (nSPS) is 20.7. The molecule has 31 heteroatoms. The first-order chi connectivity index (χ1) is 46.3. The second-order valence-electron chi connectivity index (χ2n) is 22.1. The molecule has 7 amide bonds. The van der Waals surface area contributed by atoms with Crippen LogP contribution in [0.15, 0.2) is 115 Å². The summed E-state index contributed by atoms with van der Waals surface area (Å²) >= 11 is 14.0. The number of carboxylic acids is 1. The number of aliphatic hydroxyl groups is 1. The predicted octanol–water partition coefficient (Wildman–Crippen LogP) is 7.52. The number of carbonyl (C=O) groups is 8. The van der Waals surface area contributed by atoms with E-state index >= 15 is 19.2 Å². The number of benzene rings is 7. The zero-order valence-electron chi connectivity index (χ0n) is 51.5. The van der Waals surface area contributed by atoms with Crippen molar-refractivity contribution in [2.24, 2.45) is 0 Å². The topological polar surface area (TPSA) is 344 Å². The Labute approximate surface area is 557 Å². The van der Waals surface area contributed by atoms with Gasteiger partial charge >= 0.3 is 18.1 Å². The van der Waals surface area contributed by atoms with Crippen molar-refractivity contribution >= 4 is 70.5 Å². The fourth-order valence-corrected chi connectivity index (χ4v) is 11.9. The van der Waals surface area contributed by atoms with Crippen molar-refractivity contribution < 1.29 is 104 Å². The lowest BCUT2D eigenvalue weighted by Gasteiger charge is -2.31. The summed E-state index contributed by atoms with van der Waals surface area (Å²) < 4.78 is 95.9. The van der Waals surface area contributed by atoms with Gasteiger partial charge in [0.15, 0.2) is 29.0 Å². The summed E-state index contributed by atoms with van der Waals surface area (Å²) in [6, 6.07) is 10.2. The highest BCUT2D eigenvalue weighted by Gasteiger charge is 2.44. The minimum Gasteiger partial charge on any atom is -0.497 e. The average molecular weight is 1380 g/mol. The summed E-state index contributed by atoms with van der Waals surface area (Å²) in [4.78, 5) is 119. The molecule has 97 heavy (non-hydrogen) atoms. The van der Waals surface area contributed by atoms with E-state index in [1.165, 1.54) is 152 Å². The Kier molecular flexibility index (Phi) is 18.9. The van der Waals surface area contributed by atoms with Gasteiger partial charge in [-0.3, -0.25) is 33.6 Å². The van der Waals surface area contributed by atoms with Gasteiger partial charge in [-0.1, -0.05) is 47.5 Å². The molecule has 26 nitrogen and oxygen atoms in total. The minimum atomic E-state index is -5.53. The van der Waals surface area contributed by atoms with E-state index in [4.69, 9.17) is 65.8 Å². The van der Waals surface area contributed by atoms with E-state index in [1.54, 1.807) is 5.32 Å². The molecule has 13 rings (SSSR count). The minimum absolute atomic E-state index is 0.0148. The van der Waals surface area contributed by atoms with E-state index in [0.717, 1.165) is 6.07 Å². The number of methoxy groups -OCH3 is 6. The summed E-state index contributed by atoms with van der Waals surface area (Å²) in [5.74, 6) is -13.3. The third-order valence-corrected chi connectivity index (χ3v) is 16.8. The van der Waals surface area contributed by atoms with Crippen molar-refractivity contribution in [2.75, 3.05) is 42.7 Å². The molecule has 0 aliphatic carbocycles. The van der Waals surface area contributed by atoms with Crippen LogP contribution in [0.25, 0.3) is 11.1 Å². The van der Waals surface area contributed by atoms with E-state index in [-0.39, 0.29) is 129 Å². The Hall–Kier alpha value is -11.2. The molecule has 9 N–H and O–H groups in total. The molecule has 0 fully saturated rings. The highest BCUT2D eigenvalue weighted by atomic mass is 35.5. The first-order valence-electron chi connectivity index (χ1n) is 29.1. The van der Waals surface area contributed by atoms with Gasteiger partial charge in [0.25, 0.3) is 0 Å². The van der Waals surface area contributed by atoms with Crippen molar-refractivity contribution in [3.63, 3.8) is 0 Å². The van der Waals surface area contributed by atoms with Gasteiger partial charge in [0.1, 0.15) is 82.6 Å². The molecule has 0 aromatic heterocycles. The quantitative estimate of drug-likeness (QED) is 0.0710. The van der Waals surface area contributed by atoms with Crippen LogP contribution in [0.2, 0.25) is 10.0 Å². The molecule has 8 atom stereocenters. The molecule has 0 saturated carbocycles. The van der Waals surface area contributed by atoms with Crippen LogP contribution in [0, 0.1) is 0 Å². The van der Waals surface area contributed by atoms with Gasteiger partial charge in [0.2, 0.25) is 41.2 Å². The SMILES string of the molecule is COc1cc2cc(c1)[C@@H]1NC(=O)[C@@H](Cc3ccc(c(Cl)c3)Oc3cc4cc(c3OC)Oc3ccc(cc3Cl)[C@@H](O)[C@@H]3NC(=O)[C@H](NC(=O)[C@@H]4NC1=O)c1ccc(OC)c(c1)-c1c(OC)cc(OC)cc1[C@@H](C(=O)O)NC3=O)NC(=O)[C@@H](NC(=O)C(F)(F)F)c1ccc(OC)c(c1)O2. The highest BCUT2D eigenvalue weighted by molar-refractivity contribution is 6.32. The molecule has 0 unspecified atom stereocenters. The fraction of sp³-hybridized carbons (Fsp3) is 0.242. The molecule has 7 aromatic carbocycles.